The Kier molecular flexibility index (Phi) is 7.92. The monoisotopic (exact) mass is 515 g/mol. The SMILES string of the molecule is Cc1oc(-c2ccc(Cl)cc2)nc1CSc1nc(N)c(C#N)c(-c2ccc(CCCO)cc2)c1C#N. The van der Waals surface area contributed by atoms with Crippen LogP contribution in [0.4, 0.5) is 5.82 Å². The summed E-state index contributed by atoms with van der Waals surface area (Å²) in [5.41, 5.74) is 10.3. The number of nitrogens with zero attached hydrogens (tertiary/aromatic N) is 4. The number of nitriles is 2. The molecule has 0 atom stereocenters. The van der Waals surface area contributed by atoms with Crippen molar-refractivity contribution in [3.63, 3.8) is 0 Å². The van der Waals surface area contributed by atoms with Gasteiger partial charge in [0.15, 0.2) is 0 Å². The Morgan fingerprint density at radius 2 is 1.67 bits per heavy atom. The molecule has 180 valence electrons. The van der Waals surface area contributed by atoms with Crippen LogP contribution in [0, 0.1) is 29.6 Å². The Morgan fingerprint density at radius 3 is 2.31 bits per heavy atom. The van der Waals surface area contributed by atoms with Crippen LogP contribution in [0.15, 0.2) is 58.0 Å². The molecule has 2 heterocycles. The van der Waals surface area contributed by atoms with Crippen LogP contribution >= 0.6 is 23.4 Å². The molecule has 7 nitrogen and oxygen atoms in total. The third-order valence-corrected chi connectivity index (χ3v) is 6.85. The molecule has 0 saturated heterocycles. The second-order valence-electron chi connectivity index (χ2n) is 7.99. The molecular formula is C27H22ClN5O2S. The van der Waals surface area contributed by atoms with Gasteiger partial charge in [-0.25, -0.2) is 9.97 Å². The first kappa shape index (κ1) is 25.3. The molecule has 0 spiro atoms. The lowest BCUT2D eigenvalue weighted by atomic mass is 9.95. The fraction of sp³-hybridized carbons (Fsp3) is 0.185. The molecule has 0 amide bonds. The lowest BCUT2D eigenvalue weighted by Crippen LogP contribution is -2.03. The van der Waals surface area contributed by atoms with Gasteiger partial charge in [-0.3, -0.25) is 0 Å². The molecule has 4 aromatic rings. The van der Waals surface area contributed by atoms with E-state index >= 15 is 0 Å². The Hall–Kier alpha value is -3.82. The van der Waals surface area contributed by atoms with Gasteiger partial charge in [0, 0.05) is 28.5 Å². The number of aliphatic hydroxyl groups is 1. The molecule has 0 aliphatic rings. The van der Waals surface area contributed by atoms with E-state index in [-0.39, 0.29) is 23.6 Å². The highest BCUT2D eigenvalue weighted by molar-refractivity contribution is 7.98. The lowest BCUT2D eigenvalue weighted by molar-refractivity contribution is 0.288. The fourth-order valence-corrected chi connectivity index (χ4v) is 4.85. The van der Waals surface area contributed by atoms with E-state index in [1.807, 2.05) is 43.3 Å². The third-order valence-electron chi connectivity index (χ3n) is 5.61. The van der Waals surface area contributed by atoms with Crippen LogP contribution in [-0.4, -0.2) is 21.7 Å². The molecule has 9 heteroatoms. The number of aliphatic hydroxyl groups excluding tert-OH is 1. The van der Waals surface area contributed by atoms with Crippen LogP contribution in [-0.2, 0) is 12.2 Å². The second kappa shape index (κ2) is 11.3. The van der Waals surface area contributed by atoms with Gasteiger partial charge in [0.2, 0.25) is 5.89 Å². The van der Waals surface area contributed by atoms with E-state index in [9.17, 15) is 10.5 Å². The maximum atomic E-state index is 10.0. The van der Waals surface area contributed by atoms with Gasteiger partial charge < -0.3 is 15.3 Å². The second-order valence-corrected chi connectivity index (χ2v) is 9.39. The molecule has 0 aliphatic carbocycles. The zero-order valence-electron chi connectivity index (χ0n) is 19.5. The van der Waals surface area contributed by atoms with Gasteiger partial charge in [0.25, 0.3) is 0 Å². The van der Waals surface area contributed by atoms with E-state index in [1.54, 1.807) is 12.1 Å². The number of anilines is 1. The summed E-state index contributed by atoms with van der Waals surface area (Å²) >= 11 is 7.29. The van der Waals surface area contributed by atoms with Gasteiger partial charge in [-0.05, 0) is 55.2 Å². The number of aryl methyl sites for hydroxylation is 2. The number of halogens is 1. The summed E-state index contributed by atoms with van der Waals surface area (Å²) < 4.78 is 5.84. The van der Waals surface area contributed by atoms with E-state index in [2.05, 4.69) is 22.1 Å². The highest BCUT2D eigenvalue weighted by Crippen LogP contribution is 2.37. The molecule has 0 bridgehead atoms. The number of hydrogen-bond donors (Lipinski definition) is 2. The van der Waals surface area contributed by atoms with E-state index in [0.29, 0.717) is 50.7 Å². The van der Waals surface area contributed by atoms with Crippen LogP contribution in [0.2, 0.25) is 5.02 Å². The summed E-state index contributed by atoms with van der Waals surface area (Å²) in [6.07, 6.45) is 1.40. The molecule has 0 aliphatic heterocycles. The average molecular weight is 516 g/mol. The van der Waals surface area contributed by atoms with E-state index in [0.717, 1.165) is 17.5 Å². The molecule has 2 aromatic heterocycles. The number of hydrogen-bond acceptors (Lipinski definition) is 8. The van der Waals surface area contributed by atoms with Crippen molar-refractivity contribution < 1.29 is 9.52 Å². The standard InChI is InChI=1S/C27H22ClN5O2S/c1-16-23(32-26(35-16)19-8-10-20(28)11-9-19)15-36-27-22(14-30)24(21(13-29)25(31)33-27)18-6-4-17(5-7-18)3-2-12-34/h4-11,34H,2-3,12,15H2,1H3,(H2,31,33). The van der Waals surface area contributed by atoms with Gasteiger partial charge in [0.05, 0.1) is 11.3 Å². The van der Waals surface area contributed by atoms with Gasteiger partial charge in [-0.15, -0.1) is 0 Å². The number of nitrogens with two attached hydrogens (primary N) is 1. The smallest absolute Gasteiger partial charge is 0.226 e. The zero-order chi connectivity index (χ0) is 25.7. The van der Waals surface area contributed by atoms with Crippen LogP contribution < -0.4 is 5.73 Å². The minimum absolute atomic E-state index is 0.0667. The number of thioether (sulfide) groups is 1. The minimum Gasteiger partial charge on any atom is -0.441 e. The summed E-state index contributed by atoms with van der Waals surface area (Å²) in [7, 11) is 0. The third kappa shape index (κ3) is 5.37. The molecule has 0 unspecified atom stereocenters. The van der Waals surface area contributed by atoms with Gasteiger partial charge in [-0.1, -0.05) is 47.6 Å². The van der Waals surface area contributed by atoms with Crippen molar-refractivity contribution in [2.45, 2.75) is 30.5 Å². The van der Waals surface area contributed by atoms with Gasteiger partial charge in [0.1, 0.15) is 34.3 Å². The largest absolute Gasteiger partial charge is 0.441 e. The van der Waals surface area contributed by atoms with Crippen LogP contribution in [0.1, 0.15) is 34.6 Å². The highest BCUT2D eigenvalue weighted by atomic mass is 35.5. The van der Waals surface area contributed by atoms with Crippen molar-refractivity contribution in [3.05, 3.63) is 81.7 Å². The average Bonchev–Trinajstić information content (AvgIpc) is 3.26. The molecule has 0 radical (unpaired) electrons. The van der Waals surface area contributed by atoms with Crippen molar-refractivity contribution in [1.29, 1.82) is 10.5 Å². The predicted molar refractivity (Wildman–Crippen MR) is 140 cm³/mol. The zero-order valence-corrected chi connectivity index (χ0v) is 21.0. The summed E-state index contributed by atoms with van der Waals surface area (Å²) in [5.74, 6) is 1.60. The fourth-order valence-electron chi connectivity index (χ4n) is 3.73. The van der Waals surface area contributed by atoms with Crippen LogP contribution in [0.5, 0.6) is 0 Å². The molecule has 3 N–H and O–H groups in total. The van der Waals surface area contributed by atoms with E-state index in [1.165, 1.54) is 11.8 Å². The van der Waals surface area contributed by atoms with Crippen molar-refractivity contribution in [2.24, 2.45) is 0 Å². The first-order valence-corrected chi connectivity index (χ1v) is 12.5. The topological polar surface area (TPSA) is 133 Å². The van der Waals surface area contributed by atoms with Gasteiger partial charge >= 0.3 is 0 Å². The quantitative estimate of drug-likeness (QED) is 0.277. The Labute approximate surface area is 218 Å². The molecule has 36 heavy (non-hydrogen) atoms. The molecule has 2 aromatic carbocycles. The molecule has 0 saturated carbocycles. The number of nitrogen functional groups attached to an aromatic ring is 1. The summed E-state index contributed by atoms with van der Waals surface area (Å²) in [4.78, 5) is 8.98. The van der Waals surface area contributed by atoms with E-state index < -0.39 is 0 Å². The number of aromatic nitrogens is 2. The summed E-state index contributed by atoms with van der Waals surface area (Å²) in [6.45, 7) is 1.95. The summed E-state index contributed by atoms with van der Waals surface area (Å²) in [5, 5.41) is 29.9. The Morgan fingerprint density at radius 1 is 1.00 bits per heavy atom. The molecule has 4 rings (SSSR count). The molecular weight excluding hydrogens is 494 g/mol. The van der Waals surface area contributed by atoms with E-state index in [4.69, 9.17) is 26.9 Å². The minimum atomic E-state index is 0.0667. The first-order chi connectivity index (χ1) is 17.4. The summed E-state index contributed by atoms with van der Waals surface area (Å²) in [6, 6.07) is 19.1. The normalized spacial score (nSPS) is 10.7. The van der Waals surface area contributed by atoms with Crippen molar-refractivity contribution in [3.8, 4) is 34.7 Å². The maximum Gasteiger partial charge on any atom is 0.226 e. The van der Waals surface area contributed by atoms with Crippen LogP contribution in [0.25, 0.3) is 22.6 Å². The Balaban J connectivity index is 1.66. The number of oxazole rings is 1. The highest BCUT2D eigenvalue weighted by Gasteiger charge is 2.21. The number of rotatable bonds is 8. The molecule has 0 fully saturated rings. The van der Waals surface area contributed by atoms with Crippen LogP contribution in [0.3, 0.4) is 0 Å². The van der Waals surface area contributed by atoms with Crippen molar-refractivity contribution >= 4 is 29.2 Å². The van der Waals surface area contributed by atoms with Crippen molar-refractivity contribution in [1.82, 2.24) is 9.97 Å². The first-order valence-electron chi connectivity index (χ1n) is 11.1. The number of benzene rings is 2. The predicted octanol–water partition coefficient (Wildman–Crippen LogP) is 5.91. The lowest BCUT2D eigenvalue weighted by Gasteiger charge is -2.13. The van der Waals surface area contributed by atoms with Gasteiger partial charge in [-0.2, -0.15) is 10.5 Å². The van der Waals surface area contributed by atoms with Crippen molar-refractivity contribution in [2.75, 3.05) is 12.3 Å². The Bertz CT molecular complexity index is 1470. The number of pyridine rings is 1. The maximum absolute atomic E-state index is 10.0.